The van der Waals surface area contributed by atoms with Crippen molar-refractivity contribution in [1.82, 2.24) is 4.98 Å². The molecule has 0 aliphatic heterocycles. The fraction of sp³-hybridized carbons (Fsp3) is 0.438. The number of rotatable bonds is 6. The summed E-state index contributed by atoms with van der Waals surface area (Å²) >= 11 is 1.67. The van der Waals surface area contributed by atoms with Crippen LogP contribution in [0.4, 0.5) is 0 Å². The van der Waals surface area contributed by atoms with Gasteiger partial charge in [0.25, 0.3) is 0 Å². The Balaban J connectivity index is 2.14. The molecule has 4 nitrogen and oxygen atoms in total. The summed E-state index contributed by atoms with van der Waals surface area (Å²) in [4.78, 5) is 4.57. The van der Waals surface area contributed by atoms with E-state index in [2.05, 4.69) is 18.8 Å². The maximum absolute atomic E-state index is 5.98. The molecule has 0 saturated carbocycles. The third-order valence-corrected chi connectivity index (χ3v) is 4.34. The molecule has 1 unspecified atom stereocenters. The lowest BCUT2D eigenvalue weighted by Gasteiger charge is -2.14. The third kappa shape index (κ3) is 3.95. The van der Waals surface area contributed by atoms with Crippen LogP contribution in [0.1, 0.15) is 49.0 Å². The molecule has 2 rings (SSSR count). The number of hydrogen-bond donors (Lipinski definition) is 1. The minimum atomic E-state index is -0.0902. The Morgan fingerprint density at radius 1 is 1.29 bits per heavy atom. The number of aromatic nitrogens is 1. The lowest BCUT2D eigenvalue weighted by Crippen LogP contribution is -2.08. The molecule has 5 heteroatoms. The molecule has 1 aromatic carbocycles. The van der Waals surface area contributed by atoms with Crippen molar-refractivity contribution in [2.45, 2.75) is 39.3 Å². The smallest absolute Gasteiger partial charge is 0.131 e. The summed E-state index contributed by atoms with van der Waals surface area (Å²) in [5.41, 5.74) is 7.90. The quantitative estimate of drug-likeness (QED) is 0.880. The molecule has 114 valence electrons. The van der Waals surface area contributed by atoms with E-state index in [1.807, 2.05) is 30.5 Å². The van der Waals surface area contributed by atoms with Crippen molar-refractivity contribution in [3.63, 3.8) is 0 Å². The lowest BCUT2D eigenvalue weighted by molar-refractivity contribution is 0.295. The van der Waals surface area contributed by atoms with Gasteiger partial charge in [0.2, 0.25) is 0 Å². The standard InChI is InChI=1S/C16H22N2O2S/c1-10(2)16-18-12(9-21-16)8-20-15-7-13(19-4)5-6-14(15)11(3)17/h5-7,9-11H,8,17H2,1-4H3. The van der Waals surface area contributed by atoms with Crippen molar-refractivity contribution in [3.8, 4) is 11.5 Å². The van der Waals surface area contributed by atoms with E-state index < -0.39 is 0 Å². The van der Waals surface area contributed by atoms with E-state index in [-0.39, 0.29) is 6.04 Å². The van der Waals surface area contributed by atoms with Gasteiger partial charge in [-0.1, -0.05) is 19.9 Å². The zero-order valence-electron chi connectivity index (χ0n) is 12.9. The second-order valence-corrected chi connectivity index (χ2v) is 6.20. The molecule has 0 bridgehead atoms. The number of thiazole rings is 1. The first-order valence-electron chi connectivity index (χ1n) is 7.02. The van der Waals surface area contributed by atoms with Crippen LogP contribution in [0.5, 0.6) is 11.5 Å². The van der Waals surface area contributed by atoms with E-state index in [9.17, 15) is 0 Å². The van der Waals surface area contributed by atoms with Crippen molar-refractivity contribution < 1.29 is 9.47 Å². The van der Waals surface area contributed by atoms with E-state index in [0.29, 0.717) is 12.5 Å². The van der Waals surface area contributed by atoms with Gasteiger partial charge < -0.3 is 15.2 Å². The normalized spacial score (nSPS) is 12.5. The fourth-order valence-corrected chi connectivity index (χ4v) is 2.77. The first kappa shape index (κ1) is 15.8. The maximum Gasteiger partial charge on any atom is 0.131 e. The Labute approximate surface area is 129 Å². The number of ether oxygens (including phenoxy) is 2. The SMILES string of the molecule is COc1ccc(C(C)N)c(OCc2csc(C(C)C)n2)c1. The highest BCUT2D eigenvalue weighted by Gasteiger charge is 2.11. The fourth-order valence-electron chi connectivity index (χ4n) is 1.95. The van der Waals surface area contributed by atoms with Gasteiger partial charge in [0, 0.05) is 29.0 Å². The molecule has 0 saturated heterocycles. The number of nitrogens with zero attached hydrogens (tertiary/aromatic N) is 1. The summed E-state index contributed by atoms with van der Waals surface area (Å²) in [5.74, 6) is 1.96. The molecule has 0 spiro atoms. The van der Waals surface area contributed by atoms with Gasteiger partial charge in [0.15, 0.2) is 0 Å². The summed E-state index contributed by atoms with van der Waals surface area (Å²) in [5, 5.41) is 3.17. The molecule has 0 fully saturated rings. The molecule has 0 aliphatic rings. The van der Waals surface area contributed by atoms with Crippen LogP contribution < -0.4 is 15.2 Å². The summed E-state index contributed by atoms with van der Waals surface area (Å²) in [6, 6.07) is 5.62. The van der Waals surface area contributed by atoms with Crippen LogP contribution in [0.2, 0.25) is 0 Å². The number of nitrogens with two attached hydrogens (primary N) is 1. The zero-order chi connectivity index (χ0) is 15.4. The highest BCUT2D eigenvalue weighted by Crippen LogP contribution is 2.29. The molecular weight excluding hydrogens is 284 g/mol. The van der Waals surface area contributed by atoms with E-state index in [0.717, 1.165) is 27.8 Å². The predicted molar refractivity (Wildman–Crippen MR) is 86.1 cm³/mol. The molecule has 0 aliphatic carbocycles. The predicted octanol–water partition coefficient (Wildman–Crippen LogP) is 3.87. The van der Waals surface area contributed by atoms with E-state index in [1.165, 1.54) is 0 Å². The largest absolute Gasteiger partial charge is 0.497 e. The Bertz CT molecular complexity index is 594. The number of methoxy groups -OCH3 is 1. The van der Waals surface area contributed by atoms with Gasteiger partial charge in [0.05, 0.1) is 17.8 Å². The summed E-state index contributed by atoms with van der Waals surface area (Å²) in [6.45, 7) is 6.66. The van der Waals surface area contributed by atoms with Gasteiger partial charge in [-0.2, -0.15) is 0 Å². The van der Waals surface area contributed by atoms with Crippen molar-refractivity contribution in [1.29, 1.82) is 0 Å². The lowest BCUT2D eigenvalue weighted by atomic mass is 10.1. The topological polar surface area (TPSA) is 57.4 Å². The van der Waals surface area contributed by atoms with Gasteiger partial charge in [-0.25, -0.2) is 4.98 Å². The summed E-state index contributed by atoms with van der Waals surface area (Å²) in [6.07, 6.45) is 0. The Morgan fingerprint density at radius 2 is 2.05 bits per heavy atom. The number of hydrogen-bond acceptors (Lipinski definition) is 5. The second-order valence-electron chi connectivity index (χ2n) is 5.31. The van der Waals surface area contributed by atoms with Crippen LogP contribution in [0.3, 0.4) is 0 Å². The van der Waals surface area contributed by atoms with E-state index in [4.69, 9.17) is 15.2 Å². The van der Waals surface area contributed by atoms with Crippen LogP contribution >= 0.6 is 11.3 Å². The monoisotopic (exact) mass is 306 g/mol. The van der Waals surface area contributed by atoms with Crippen LogP contribution in [-0.2, 0) is 6.61 Å². The Kier molecular flexibility index (Phi) is 5.20. The third-order valence-electron chi connectivity index (χ3n) is 3.15. The average molecular weight is 306 g/mol. The second kappa shape index (κ2) is 6.91. The molecule has 1 atom stereocenters. The highest BCUT2D eigenvalue weighted by atomic mass is 32.1. The minimum Gasteiger partial charge on any atom is -0.497 e. The first-order chi connectivity index (χ1) is 10.0. The summed E-state index contributed by atoms with van der Waals surface area (Å²) in [7, 11) is 1.64. The van der Waals surface area contributed by atoms with Crippen LogP contribution in [0.15, 0.2) is 23.6 Å². The Morgan fingerprint density at radius 3 is 2.62 bits per heavy atom. The van der Waals surface area contributed by atoms with Crippen molar-refractivity contribution in [3.05, 3.63) is 39.8 Å². The van der Waals surface area contributed by atoms with E-state index in [1.54, 1.807) is 18.4 Å². The van der Waals surface area contributed by atoms with Gasteiger partial charge in [-0.3, -0.25) is 0 Å². The first-order valence-corrected chi connectivity index (χ1v) is 7.89. The highest BCUT2D eigenvalue weighted by molar-refractivity contribution is 7.09. The van der Waals surface area contributed by atoms with Gasteiger partial charge in [-0.15, -0.1) is 11.3 Å². The van der Waals surface area contributed by atoms with Gasteiger partial charge >= 0.3 is 0 Å². The summed E-state index contributed by atoms with van der Waals surface area (Å²) < 4.78 is 11.1. The van der Waals surface area contributed by atoms with Crippen LogP contribution in [0.25, 0.3) is 0 Å². The van der Waals surface area contributed by atoms with Crippen molar-refractivity contribution in [2.24, 2.45) is 5.73 Å². The molecule has 0 amide bonds. The van der Waals surface area contributed by atoms with Crippen LogP contribution in [0, 0.1) is 0 Å². The van der Waals surface area contributed by atoms with E-state index >= 15 is 0 Å². The van der Waals surface area contributed by atoms with Gasteiger partial charge in [-0.05, 0) is 13.0 Å². The molecule has 1 aromatic heterocycles. The maximum atomic E-state index is 5.98. The van der Waals surface area contributed by atoms with Gasteiger partial charge in [0.1, 0.15) is 18.1 Å². The molecule has 21 heavy (non-hydrogen) atoms. The average Bonchev–Trinajstić information content (AvgIpc) is 2.93. The zero-order valence-corrected chi connectivity index (χ0v) is 13.7. The Hall–Kier alpha value is -1.59. The minimum absolute atomic E-state index is 0.0902. The molecule has 1 heterocycles. The van der Waals surface area contributed by atoms with Crippen molar-refractivity contribution >= 4 is 11.3 Å². The van der Waals surface area contributed by atoms with Crippen LogP contribution in [-0.4, -0.2) is 12.1 Å². The van der Waals surface area contributed by atoms with Crippen molar-refractivity contribution in [2.75, 3.05) is 7.11 Å². The molecule has 2 aromatic rings. The molecular formula is C16H22N2O2S. The molecule has 2 N–H and O–H groups in total. The molecule has 0 radical (unpaired) electrons. The number of benzene rings is 1.